The Balaban J connectivity index is 0.000000399. The fourth-order valence-electron chi connectivity index (χ4n) is 1.65. The lowest BCUT2D eigenvalue weighted by atomic mass is 10.0. The maximum absolute atomic E-state index is 12.1. The van der Waals surface area contributed by atoms with E-state index in [-0.39, 0.29) is 5.78 Å². The van der Waals surface area contributed by atoms with Gasteiger partial charge < -0.3 is 10.1 Å². The van der Waals surface area contributed by atoms with Gasteiger partial charge in [0.25, 0.3) is 5.97 Å². The summed E-state index contributed by atoms with van der Waals surface area (Å²) in [7, 11) is 0. The lowest BCUT2D eigenvalue weighted by Crippen LogP contribution is -2.05. The molecule has 0 radical (unpaired) electrons. The van der Waals surface area contributed by atoms with Gasteiger partial charge in [-0.25, -0.2) is 0 Å². The number of hydrogen-bond acceptors (Lipinski definition) is 2. The second-order valence-corrected chi connectivity index (χ2v) is 4.20. The number of aliphatic carboxylic acids is 1. The maximum Gasteiger partial charge on any atom is 0.300 e. The Bertz CT molecular complexity index is 581. The number of ketones is 1. The molecule has 0 unspecified atom stereocenters. The Morgan fingerprint density at radius 2 is 1.63 bits per heavy atom. The van der Waals surface area contributed by atoms with Gasteiger partial charge in [-0.2, -0.15) is 0 Å². The molecule has 1 heterocycles. The van der Waals surface area contributed by atoms with Gasteiger partial charge in [0.05, 0.1) is 5.69 Å². The molecule has 19 heavy (non-hydrogen) atoms. The molecule has 2 aromatic rings. The first-order chi connectivity index (χ1) is 8.93. The van der Waals surface area contributed by atoms with E-state index in [1.54, 1.807) is 6.20 Å². The number of hydrogen-bond donors (Lipinski definition) is 2. The Morgan fingerprint density at radius 1 is 1.05 bits per heavy atom. The largest absolute Gasteiger partial charge is 0.481 e. The van der Waals surface area contributed by atoms with Crippen LogP contribution in [0.5, 0.6) is 0 Å². The molecule has 0 fully saturated rings. The summed E-state index contributed by atoms with van der Waals surface area (Å²) < 4.78 is 0. The summed E-state index contributed by atoms with van der Waals surface area (Å²) in [5.74, 6) is -0.768. The number of carbonyl (C=O) groups is 2. The molecular formula is C15H17NO3. The van der Waals surface area contributed by atoms with Crippen molar-refractivity contribution in [2.45, 2.75) is 20.8 Å². The molecule has 0 amide bonds. The number of aromatic amines is 1. The van der Waals surface area contributed by atoms with Gasteiger partial charge in [-0.05, 0) is 31.0 Å². The van der Waals surface area contributed by atoms with Gasteiger partial charge in [-0.3, -0.25) is 9.59 Å². The first kappa shape index (κ1) is 14.7. The van der Waals surface area contributed by atoms with Crippen LogP contribution in [0.25, 0.3) is 0 Å². The zero-order valence-electron chi connectivity index (χ0n) is 11.2. The van der Waals surface area contributed by atoms with Crippen LogP contribution >= 0.6 is 0 Å². The van der Waals surface area contributed by atoms with E-state index in [0.29, 0.717) is 5.69 Å². The number of carboxylic acids is 1. The first-order valence-electron chi connectivity index (χ1n) is 5.87. The van der Waals surface area contributed by atoms with Gasteiger partial charge in [0.2, 0.25) is 5.78 Å². The third-order valence-electron chi connectivity index (χ3n) is 2.57. The van der Waals surface area contributed by atoms with Crippen LogP contribution in [0.1, 0.15) is 34.1 Å². The molecule has 2 N–H and O–H groups in total. The van der Waals surface area contributed by atoms with E-state index in [0.717, 1.165) is 23.6 Å². The van der Waals surface area contributed by atoms with Crippen LogP contribution < -0.4 is 0 Å². The molecule has 4 nitrogen and oxygen atoms in total. The van der Waals surface area contributed by atoms with Gasteiger partial charge in [0, 0.05) is 18.7 Å². The van der Waals surface area contributed by atoms with Crippen LogP contribution in [0.4, 0.5) is 0 Å². The number of carboxylic acid groups (broad SMARTS) is 1. The summed E-state index contributed by atoms with van der Waals surface area (Å²) in [4.78, 5) is 24.1. The number of rotatable bonds is 2. The topological polar surface area (TPSA) is 70.2 Å². The zero-order chi connectivity index (χ0) is 14.4. The molecule has 0 spiro atoms. The van der Waals surface area contributed by atoms with E-state index in [1.807, 2.05) is 44.2 Å². The third-order valence-corrected chi connectivity index (χ3v) is 2.57. The fraction of sp³-hybridized carbons (Fsp3) is 0.200. The van der Waals surface area contributed by atoms with Crippen LogP contribution in [0, 0.1) is 13.8 Å². The molecule has 0 bridgehead atoms. The molecule has 0 aliphatic carbocycles. The van der Waals surface area contributed by atoms with Crippen molar-refractivity contribution in [1.82, 2.24) is 4.98 Å². The monoisotopic (exact) mass is 259 g/mol. The predicted octanol–water partition coefficient (Wildman–Crippen LogP) is 2.95. The lowest BCUT2D eigenvalue weighted by molar-refractivity contribution is -0.134. The van der Waals surface area contributed by atoms with E-state index < -0.39 is 5.97 Å². The molecule has 2 rings (SSSR count). The highest BCUT2D eigenvalue weighted by molar-refractivity contribution is 6.09. The molecule has 0 atom stereocenters. The van der Waals surface area contributed by atoms with E-state index in [1.165, 1.54) is 0 Å². The molecule has 0 aliphatic heterocycles. The van der Waals surface area contributed by atoms with Crippen molar-refractivity contribution in [3.05, 3.63) is 58.9 Å². The van der Waals surface area contributed by atoms with Crippen LogP contribution in [0.3, 0.4) is 0 Å². The highest BCUT2D eigenvalue weighted by Gasteiger charge is 2.13. The number of aromatic nitrogens is 1. The minimum Gasteiger partial charge on any atom is -0.481 e. The predicted molar refractivity (Wildman–Crippen MR) is 73.5 cm³/mol. The highest BCUT2D eigenvalue weighted by atomic mass is 16.4. The Hall–Kier alpha value is -2.36. The molecular weight excluding hydrogens is 242 g/mol. The standard InChI is InChI=1S/C13H13NO.C2H4O2/c1-9-5-3-4-6-11(9)13(15)12-10(2)7-8-14-12;1-2(3)4/h3-8,14H,1-2H3;1H3,(H,3,4). The fourth-order valence-corrected chi connectivity index (χ4v) is 1.65. The third kappa shape index (κ3) is 4.10. The van der Waals surface area contributed by atoms with Crippen LogP contribution in [-0.4, -0.2) is 21.8 Å². The SMILES string of the molecule is CC(=O)O.Cc1ccccc1C(=O)c1[nH]ccc1C. The minimum absolute atomic E-state index is 0.0654. The molecule has 1 aromatic heterocycles. The van der Waals surface area contributed by atoms with Gasteiger partial charge in [0.1, 0.15) is 0 Å². The van der Waals surface area contributed by atoms with Crippen LogP contribution in [0.15, 0.2) is 36.5 Å². The van der Waals surface area contributed by atoms with Crippen molar-refractivity contribution in [2.24, 2.45) is 0 Å². The van der Waals surface area contributed by atoms with Gasteiger partial charge in [0.15, 0.2) is 0 Å². The molecule has 0 aliphatic rings. The summed E-state index contributed by atoms with van der Waals surface area (Å²) in [6, 6.07) is 9.54. The van der Waals surface area contributed by atoms with E-state index in [4.69, 9.17) is 9.90 Å². The van der Waals surface area contributed by atoms with Crippen molar-refractivity contribution in [3.63, 3.8) is 0 Å². The molecule has 0 saturated heterocycles. The van der Waals surface area contributed by atoms with Crippen molar-refractivity contribution < 1.29 is 14.7 Å². The van der Waals surface area contributed by atoms with Crippen molar-refractivity contribution >= 4 is 11.8 Å². The van der Waals surface area contributed by atoms with E-state index >= 15 is 0 Å². The first-order valence-corrected chi connectivity index (χ1v) is 5.87. The number of benzene rings is 1. The van der Waals surface area contributed by atoms with Gasteiger partial charge >= 0.3 is 0 Å². The summed E-state index contributed by atoms with van der Waals surface area (Å²) in [5.41, 5.74) is 3.45. The minimum atomic E-state index is -0.833. The highest BCUT2D eigenvalue weighted by Crippen LogP contribution is 2.15. The van der Waals surface area contributed by atoms with Gasteiger partial charge in [-0.1, -0.05) is 24.3 Å². The molecule has 100 valence electrons. The Labute approximate surface area is 112 Å². The van der Waals surface area contributed by atoms with E-state index in [9.17, 15) is 4.79 Å². The van der Waals surface area contributed by atoms with Crippen LogP contribution in [0.2, 0.25) is 0 Å². The quantitative estimate of drug-likeness (QED) is 0.814. The lowest BCUT2D eigenvalue weighted by Gasteiger charge is -2.03. The second kappa shape index (κ2) is 6.54. The number of carbonyl (C=O) groups excluding carboxylic acids is 1. The number of nitrogens with one attached hydrogen (secondary N) is 1. The number of aryl methyl sites for hydroxylation is 2. The normalized spacial score (nSPS) is 9.42. The maximum atomic E-state index is 12.1. The van der Waals surface area contributed by atoms with E-state index in [2.05, 4.69) is 4.98 Å². The smallest absolute Gasteiger partial charge is 0.300 e. The average molecular weight is 259 g/mol. The summed E-state index contributed by atoms with van der Waals surface area (Å²) in [6.07, 6.45) is 1.79. The Kier molecular flexibility index (Phi) is 5.06. The average Bonchev–Trinajstić information content (AvgIpc) is 2.74. The molecule has 0 saturated carbocycles. The van der Waals surface area contributed by atoms with Crippen molar-refractivity contribution in [3.8, 4) is 0 Å². The molecule has 4 heteroatoms. The second-order valence-electron chi connectivity index (χ2n) is 4.20. The molecule has 1 aromatic carbocycles. The van der Waals surface area contributed by atoms with Crippen molar-refractivity contribution in [2.75, 3.05) is 0 Å². The summed E-state index contributed by atoms with van der Waals surface area (Å²) in [5, 5.41) is 7.42. The van der Waals surface area contributed by atoms with Crippen LogP contribution in [-0.2, 0) is 4.79 Å². The summed E-state index contributed by atoms with van der Waals surface area (Å²) in [6.45, 7) is 4.97. The number of H-pyrrole nitrogens is 1. The van der Waals surface area contributed by atoms with Crippen molar-refractivity contribution in [1.29, 1.82) is 0 Å². The van der Waals surface area contributed by atoms with Gasteiger partial charge in [-0.15, -0.1) is 0 Å². The zero-order valence-corrected chi connectivity index (χ0v) is 11.2. The summed E-state index contributed by atoms with van der Waals surface area (Å²) >= 11 is 0. The Morgan fingerprint density at radius 3 is 2.11 bits per heavy atom.